The Morgan fingerprint density at radius 2 is 2.17 bits per heavy atom. The van der Waals surface area contributed by atoms with Crippen LogP contribution in [0.4, 0.5) is 0 Å². The van der Waals surface area contributed by atoms with Gasteiger partial charge in [0, 0.05) is 6.04 Å². The van der Waals surface area contributed by atoms with Crippen molar-refractivity contribution in [3.8, 4) is 0 Å². The van der Waals surface area contributed by atoms with Crippen molar-refractivity contribution in [1.29, 1.82) is 0 Å². The number of ether oxygens (including phenoxy) is 1. The molecular weight excluding hydrogens is 174 g/mol. The van der Waals surface area contributed by atoms with Crippen LogP contribution in [-0.4, -0.2) is 30.6 Å². The van der Waals surface area contributed by atoms with Gasteiger partial charge in [-0.1, -0.05) is 0 Å². The minimum absolute atomic E-state index is 0.00699. The molecule has 0 amide bonds. The second-order valence-corrected chi connectivity index (χ2v) is 4.21. The fraction of sp³-hybridized carbons (Fsp3) is 0.875. The highest BCUT2D eigenvalue weighted by Crippen LogP contribution is 2.22. The van der Waals surface area contributed by atoms with E-state index in [4.69, 9.17) is 5.73 Å². The predicted octanol–water partition coefficient (Wildman–Crippen LogP) is 0.630. The number of esters is 1. The monoisotopic (exact) mass is 189 g/mol. The van der Waals surface area contributed by atoms with E-state index in [1.54, 1.807) is 0 Å². The van der Waals surface area contributed by atoms with Crippen molar-refractivity contribution in [2.24, 2.45) is 11.7 Å². The Morgan fingerprint density at radius 3 is 2.83 bits per heavy atom. The summed E-state index contributed by atoms with van der Waals surface area (Å²) in [5, 5.41) is 0. The third-order valence-electron chi connectivity index (χ3n) is 2.19. The minimum Gasteiger partial charge on any atom is -0.469 e. The first-order chi connectivity index (χ1) is 5.75. The Balaban J connectivity index is 2.52. The van der Waals surface area contributed by atoms with Gasteiger partial charge in [0.15, 0.2) is 0 Å². The van der Waals surface area contributed by atoms with E-state index in [0.29, 0.717) is 0 Å². The number of hydrogen-bond donors (Lipinski definition) is 1. The molecule has 1 rings (SSSR count). The summed E-state index contributed by atoms with van der Waals surface area (Å²) < 4.78 is 4.69. The molecule has 1 aliphatic heterocycles. The molecule has 1 heterocycles. The first kappa shape index (κ1) is 9.86. The molecule has 1 aliphatic rings. The van der Waals surface area contributed by atoms with Gasteiger partial charge in [-0.05, 0) is 24.3 Å². The third-order valence-corrected chi connectivity index (χ3v) is 3.24. The summed E-state index contributed by atoms with van der Waals surface area (Å²) in [5.74, 6) is 1.86. The molecule has 0 aliphatic carbocycles. The first-order valence-corrected chi connectivity index (χ1v) is 5.32. The highest BCUT2D eigenvalue weighted by Gasteiger charge is 2.27. The summed E-state index contributed by atoms with van der Waals surface area (Å²) in [7, 11) is 1.42. The zero-order valence-electron chi connectivity index (χ0n) is 7.29. The molecule has 0 spiro atoms. The lowest BCUT2D eigenvalue weighted by Gasteiger charge is -2.17. The molecule has 0 aromatic carbocycles. The Morgan fingerprint density at radius 1 is 1.50 bits per heavy atom. The Hall–Kier alpha value is -0.220. The van der Waals surface area contributed by atoms with Crippen LogP contribution in [0.15, 0.2) is 0 Å². The van der Waals surface area contributed by atoms with E-state index in [-0.39, 0.29) is 17.9 Å². The van der Waals surface area contributed by atoms with Gasteiger partial charge in [0.2, 0.25) is 0 Å². The van der Waals surface area contributed by atoms with Gasteiger partial charge in [-0.3, -0.25) is 4.79 Å². The Kier molecular flexibility index (Phi) is 3.88. The largest absolute Gasteiger partial charge is 0.469 e. The van der Waals surface area contributed by atoms with E-state index in [2.05, 4.69) is 4.74 Å². The maximum absolute atomic E-state index is 11.2. The quantitative estimate of drug-likeness (QED) is 0.615. The van der Waals surface area contributed by atoms with Crippen molar-refractivity contribution < 1.29 is 9.53 Å². The standard InChI is InChI=1S/C8H15NO2S/c1-11-8(10)6-2-4-12-5-3-7(6)9/h6-7H,2-5,9H2,1H3/t6-,7-/m0/s1. The van der Waals surface area contributed by atoms with Gasteiger partial charge in [0.25, 0.3) is 0 Å². The van der Waals surface area contributed by atoms with Crippen molar-refractivity contribution in [3.63, 3.8) is 0 Å². The summed E-state index contributed by atoms with van der Waals surface area (Å²) in [6.45, 7) is 0. The fourth-order valence-corrected chi connectivity index (χ4v) is 2.45. The van der Waals surface area contributed by atoms with Crippen LogP contribution in [0.5, 0.6) is 0 Å². The molecule has 0 aromatic heterocycles. The highest BCUT2D eigenvalue weighted by atomic mass is 32.2. The van der Waals surface area contributed by atoms with E-state index in [1.807, 2.05) is 11.8 Å². The van der Waals surface area contributed by atoms with Crippen molar-refractivity contribution in [1.82, 2.24) is 0 Å². The van der Waals surface area contributed by atoms with Crippen molar-refractivity contribution in [3.05, 3.63) is 0 Å². The zero-order chi connectivity index (χ0) is 8.97. The number of hydrogen-bond acceptors (Lipinski definition) is 4. The lowest BCUT2D eigenvalue weighted by molar-refractivity contribution is -0.146. The molecule has 2 atom stereocenters. The van der Waals surface area contributed by atoms with Gasteiger partial charge in [0.05, 0.1) is 13.0 Å². The molecule has 4 heteroatoms. The van der Waals surface area contributed by atoms with Crippen molar-refractivity contribution >= 4 is 17.7 Å². The van der Waals surface area contributed by atoms with E-state index in [1.165, 1.54) is 7.11 Å². The molecule has 70 valence electrons. The number of carbonyl (C=O) groups is 1. The summed E-state index contributed by atoms with van der Waals surface area (Å²) in [4.78, 5) is 11.2. The lowest BCUT2D eigenvalue weighted by Crippen LogP contribution is -2.35. The number of nitrogens with two attached hydrogens (primary N) is 1. The molecular formula is C8H15NO2S. The SMILES string of the molecule is COC(=O)[C@H]1CCSCC[C@@H]1N. The maximum Gasteiger partial charge on any atom is 0.310 e. The topological polar surface area (TPSA) is 52.3 Å². The lowest BCUT2D eigenvalue weighted by atomic mass is 9.96. The molecule has 1 fully saturated rings. The van der Waals surface area contributed by atoms with Gasteiger partial charge in [-0.2, -0.15) is 11.8 Å². The number of thioether (sulfide) groups is 1. The summed E-state index contributed by atoms with van der Waals surface area (Å²) >= 11 is 1.86. The number of methoxy groups -OCH3 is 1. The van der Waals surface area contributed by atoms with Crippen LogP contribution in [-0.2, 0) is 9.53 Å². The van der Waals surface area contributed by atoms with Crippen LogP contribution in [0, 0.1) is 5.92 Å². The van der Waals surface area contributed by atoms with Crippen LogP contribution >= 0.6 is 11.8 Å². The normalized spacial score (nSPS) is 30.8. The van der Waals surface area contributed by atoms with Crippen LogP contribution < -0.4 is 5.73 Å². The van der Waals surface area contributed by atoms with Gasteiger partial charge >= 0.3 is 5.97 Å². The van der Waals surface area contributed by atoms with Crippen molar-refractivity contribution in [2.45, 2.75) is 18.9 Å². The number of rotatable bonds is 1. The van der Waals surface area contributed by atoms with E-state index in [9.17, 15) is 4.79 Å². The van der Waals surface area contributed by atoms with Crippen molar-refractivity contribution in [2.75, 3.05) is 18.6 Å². The maximum atomic E-state index is 11.2. The van der Waals surface area contributed by atoms with Crippen LogP contribution in [0.3, 0.4) is 0 Å². The van der Waals surface area contributed by atoms with Gasteiger partial charge in [0.1, 0.15) is 0 Å². The Bertz CT molecular complexity index is 163. The highest BCUT2D eigenvalue weighted by molar-refractivity contribution is 7.99. The third kappa shape index (κ3) is 2.38. The molecule has 0 saturated carbocycles. The average molecular weight is 189 g/mol. The average Bonchev–Trinajstić information content (AvgIpc) is 2.28. The van der Waals surface area contributed by atoms with Crippen LogP contribution in [0.25, 0.3) is 0 Å². The van der Waals surface area contributed by atoms with Gasteiger partial charge in [-0.25, -0.2) is 0 Å². The molecule has 0 radical (unpaired) electrons. The first-order valence-electron chi connectivity index (χ1n) is 4.17. The smallest absolute Gasteiger partial charge is 0.310 e. The second kappa shape index (κ2) is 4.72. The molecule has 2 N–H and O–H groups in total. The molecule has 0 bridgehead atoms. The predicted molar refractivity (Wildman–Crippen MR) is 50.0 cm³/mol. The molecule has 0 aromatic rings. The van der Waals surface area contributed by atoms with E-state index >= 15 is 0 Å². The Labute approximate surface area is 77.0 Å². The van der Waals surface area contributed by atoms with E-state index in [0.717, 1.165) is 24.3 Å². The molecule has 3 nitrogen and oxygen atoms in total. The van der Waals surface area contributed by atoms with Crippen LogP contribution in [0.1, 0.15) is 12.8 Å². The van der Waals surface area contributed by atoms with Gasteiger partial charge < -0.3 is 10.5 Å². The zero-order valence-corrected chi connectivity index (χ0v) is 8.10. The summed E-state index contributed by atoms with van der Waals surface area (Å²) in [6, 6.07) is -0.00699. The van der Waals surface area contributed by atoms with E-state index < -0.39 is 0 Å². The number of carbonyl (C=O) groups excluding carboxylic acids is 1. The second-order valence-electron chi connectivity index (χ2n) is 2.98. The van der Waals surface area contributed by atoms with Crippen LogP contribution in [0.2, 0.25) is 0 Å². The summed E-state index contributed by atoms with van der Waals surface area (Å²) in [5.41, 5.74) is 5.84. The summed E-state index contributed by atoms with van der Waals surface area (Å²) in [6.07, 6.45) is 1.78. The molecule has 0 unspecified atom stereocenters. The minimum atomic E-state index is -0.148. The fourth-order valence-electron chi connectivity index (χ4n) is 1.39. The molecule has 12 heavy (non-hydrogen) atoms. The van der Waals surface area contributed by atoms with Gasteiger partial charge in [-0.15, -0.1) is 0 Å². The molecule has 1 saturated heterocycles.